The quantitative estimate of drug-likeness (QED) is 0.872. The van der Waals surface area contributed by atoms with Crippen molar-refractivity contribution < 1.29 is 14.7 Å². The fourth-order valence-corrected chi connectivity index (χ4v) is 2.97. The van der Waals surface area contributed by atoms with Crippen LogP contribution in [0.2, 0.25) is 0 Å². The van der Waals surface area contributed by atoms with Crippen LogP contribution in [0.15, 0.2) is 36.8 Å². The number of carboxylic acid groups (broad SMARTS) is 1. The lowest BCUT2D eigenvalue weighted by Crippen LogP contribution is -2.35. The van der Waals surface area contributed by atoms with Gasteiger partial charge in [0.2, 0.25) is 5.91 Å². The van der Waals surface area contributed by atoms with Crippen molar-refractivity contribution in [3.63, 3.8) is 0 Å². The zero-order valence-corrected chi connectivity index (χ0v) is 13.2. The molecule has 1 aliphatic carbocycles. The maximum Gasteiger partial charge on any atom is 0.335 e. The molecule has 0 aliphatic heterocycles. The Morgan fingerprint density at radius 3 is 2.79 bits per heavy atom. The van der Waals surface area contributed by atoms with E-state index in [0.29, 0.717) is 19.4 Å². The Balaban J connectivity index is 1.49. The highest BCUT2D eigenvalue weighted by Crippen LogP contribution is 2.23. The maximum atomic E-state index is 12.3. The zero-order valence-electron chi connectivity index (χ0n) is 13.2. The molecule has 0 saturated carbocycles. The fourth-order valence-electron chi connectivity index (χ4n) is 2.97. The number of hydrogen-bond acceptors (Lipinski definition) is 4. The van der Waals surface area contributed by atoms with Gasteiger partial charge >= 0.3 is 5.97 Å². The molecule has 1 aromatic carbocycles. The molecular formula is C18H19N3O3. The average molecular weight is 325 g/mol. The molecule has 1 atom stereocenters. The number of amides is 1. The van der Waals surface area contributed by atoms with Crippen molar-refractivity contribution in [3.05, 3.63) is 59.2 Å². The highest BCUT2D eigenvalue weighted by atomic mass is 16.4. The van der Waals surface area contributed by atoms with E-state index in [1.807, 2.05) is 0 Å². The van der Waals surface area contributed by atoms with Gasteiger partial charge in [0.25, 0.3) is 0 Å². The monoisotopic (exact) mass is 325 g/mol. The van der Waals surface area contributed by atoms with E-state index in [1.165, 1.54) is 0 Å². The van der Waals surface area contributed by atoms with Crippen molar-refractivity contribution in [2.75, 3.05) is 6.54 Å². The van der Waals surface area contributed by atoms with E-state index in [9.17, 15) is 9.59 Å². The van der Waals surface area contributed by atoms with Gasteiger partial charge in [0.1, 0.15) is 6.33 Å². The molecule has 0 radical (unpaired) electrons. The first kappa shape index (κ1) is 16.1. The number of nitrogens with one attached hydrogen (secondary N) is 1. The van der Waals surface area contributed by atoms with Gasteiger partial charge in [-0.1, -0.05) is 12.1 Å². The number of hydrogen-bond donors (Lipinski definition) is 2. The van der Waals surface area contributed by atoms with Crippen molar-refractivity contribution in [2.24, 2.45) is 5.92 Å². The van der Waals surface area contributed by atoms with Crippen molar-refractivity contribution in [1.82, 2.24) is 15.3 Å². The topological polar surface area (TPSA) is 92.2 Å². The molecule has 6 heteroatoms. The Morgan fingerprint density at radius 1 is 1.25 bits per heavy atom. The Labute approximate surface area is 140 Å². The number of carbonyl (C=O) groups is 2. The van der Waals surface area contributed by atoms with Crippen LogP contribution < -0.4 is 5.32 Å². The van der Waals surface area contributed by atoms with Crippen LogP contribution in [0.5, 0.6) is 0 Å². The second kappa shape index (κ2) is 7.21. The van der Waals surface area contributed by atoms with E-state index < -0.39 is 5.97 Å². The second-order valence-corrected chi connectivity index (χ2v) is 5.98. The number of carbonyl (C=O) groups excluding carboxylic acids is 1. The van der Waals surface area contributed by atoms with Gasteiger partial charge in [-0.05, 0) is 48.9 Å². The number of aryl methyl sites for hydroxylation is 1. The Kier molecular flexibility index (Phi) is 4.84. The summed E-state index contributed by atoms with van der Waals surface area (Å²) in [7, 11) is 0. The Morgan fingerprint density at radius 2 is 2.04 bits per heavy atom. The molecule has 1 heterocycles. The van der Waals surface area contributed by atoms with Gasteiger partial charge < -0.3 is 10.4 Å². The van der Waals surface area contributed by atoms with Gasteiger partial charge in [-0.2, -0.15) is 0 Å². The van der Waals surface area contributed by atoms with Crippen LogP contribution in [-0.4, -0.2) is 33.5 Å². The molecule has 6 nitrogen and oxygen atoms in total. The number of aromatic carboxylic acids is 1. The third-order valence-corrected chi connectivity index (χ3v) is 4.36. The lowest BCUT2D eigenvalue weighted by molar-refractivity contribution is -0.125. The molecule has 2 aromatic rings. The number of aromatic nitrogens is 2. The minimum absolute atomic E-state index is 0.0297. The van der Waals surface area contributed by atoms with Gasteiger partial charge in [0, 0.05) is 24.4 Å². The predicted octanol–water partition coefficient (Wildman–Crippen LogP) is 1.64. The summed E-state index contributed by atoms with van der Waals surface area (Å²) in [6.45, 7) is 0.542. The molecule has 1 amide bonds. The van der Waals surface area contributed by atoms with E-state index in [4.69, 9.17) is 5.11 Å². The first-order valence-corrected chi connectivity index (χ1v) is 8.01. The van der Waals surface area contributed by atoms with Gasteiger partial charge in [-0.3, -0.25) is 4.79 Å². The van der Waals surface area contributed by atoms with E-state index in [2.05, 4.69) is 15.3 Å². The number of fused-ring (bicyclic) bond motifs is 1. The van der Waals surface area contributed by atoms with E-state index in [0.717, 1.165) is 29.7 Å². The minimum atomic E-state index is -0.934. The van der Waals surface area contributed by atoms with Crippen molar-refractivity contribution >= 4 is 11.9 Å². The van der Waals surface area contributed by atoms with Crippen LogP contribution in [0, 0.1) is 5.92 Å². The molecular weight excluding hydrogens is 306 g/mol. The summed E-state index contributed by atoms with van der Waals surface area (Å²) in [5, 5.41) is 11.8. The molecule has 1 unspecified atom stereocenters. The first-order chi connectivity index (χ1) is 11.6. The molecule has 3 rings (SSSR count). The third-order valence-electron chi connectivity index (χ3n) is 4.36. The van der Waals surface area contributed by atoms with Crippen molar-refractivity contribution in [1.29, 1.82) is 0 Å². The summed E-state index contributed by atoms with van der Waals surface area (Å²) in [6.07, 6.45) is 6.34. The fraction of sp³-hybridized carbons (Fsp3) is 0.333. The normalized spacial score (nSPS) is 16.2. The SMILES string of the molecule is O=C(O)c1ccc(CCNC(=O)C2CCc3ncncc3C2)cc1. The van der Waals surface area contributed by atoms with E-state index >= 15 is 0 Å². The van der Waals surface area contributed by atoms with E-state index in [1.54, 1.807) is 36.8 Å². The van der Waals surface area contributed by atoms with Gasteiger partial charge in [-0.25, -0.2) is 14.8 Å². The minimum Gasteiger partial charge on any atom is -0.478 e. The van der Waals surface area contributed by atoms with Crippen molar-refractivity contribution in [2.45, 2.75) is 25.7 Å². The highest BCUT2D eigenvalue weighted by Gasteiger charge is 2.25. The predicted molar refractivity (Wildman–Crippen MR) is 87.7 cm³/mol. The standard InChI is InChI=1S/C18H19N3O3/c22-17(14-5-6-16-15(9-14)10-19-11-21-16)20-8-7-12-1-3-13(4-2-12)18(23)24/h1-4,10-11,14H,5-9H2,(H,20,22)(H,23,24). The van der Waals surface area contributed by atoms with Crippen LogP contribution in [0.3, 0.4) is 0 Å². The van der Waals surface area contributed by atoms with E-state index in [-0.39, 0.29) is 17.4 Å². The summed E-state index contributed by atoms with van der Waals surface area (Å²) in [5.41, 5.74) is 3.38. The largest absolute Gasteiger partial charge is 0.478 e. The molecule has 0 saturated heterocycles. The molecule has 24 heavy (non-hydrogen) atoms. The summed E-state index contributed by atoms with van der Waals surface area (Å²) < 4.78 is 0. The molecule has 0 bridgehead atoms. The molecule has 0 fully saturated rings. The van der Waals surface area contributed by atoms with Crippen LogP contribution in [0.25, 0.3) is 0 Å². The average Bonchev–Trinajstić information content (AvgIpc) is 2.61. The maximum absolute atomic E-state index is 12.3. The van der Waals surface area contributed by atoms with Crippen molar-refractivity contribution in [3.8, 4) is 0 Å². The van der Waals surface area contributed by atoms with Crippen LogP contribution in [0.4, 0.5) is 0 Å². The number of benzene rings is 1. The molecule has 124 valence electrons. The number of nitrogens with zero attached hydrogens (tertiary/aromatic N) is 2. The van der Waals surface area contributed by atoms with Crippen LogP contribution in [-0.2, 0) is 24.1 Å². The lowest BCUT2D eigenvalue weighted by atomic mass is 9.87. The molecule has 1 aliphatic rings. The van der Waals surface area contributed by atoms with Gasteiger partial charge in [-0.15, -0.1) is 0 Å². The number of rotatable bonds is 5. The van der Waals surface area contributed by atoms with Gasteiger partial charge in [0.05, 0.1) is 5.56 Å². The molecule has 0 spiro atoms. The second-order valence-electron chi connectivity index (χ2n) is 5.98. The summed E-state index contributed by atoms with van der Waals surface area (Å²) in [5.74, 6) is -0.902. The first-order valence-electron chi connectivity index (χ1n) is 8.01. The Bertz CT molecular complexity index is 743. The highest BCUT2D eigenvalue weighted by molar-refractivity contribution is 5.87. The smallest absolute Gasteiger partial charge is 0.335 e. The third kappa shape index (κ3) is 3.76. The summed E-state index contributed by atoms with van der Waals surface area (Å²) in [4.78, 5) is 31.4. The summed E-state index contributed by atoms with van der Waals surface area (Å²) in [6, 6.07) is 6.72. The molecule has 1 aromatic heterocycles. The number of carboxylic acids is 1. The molecule has 2 N–H and O–H groups in total. The van der Waals surface area contributed by atoms with Crippen LogP contribution in [0.1, 0.15) is 33.6 Å². The Hall–Kier alpha value is -2.76. The zero-order chi connectivity index (χ0) is 16.9. The van der Waals surface area contributed by atoms with Gasteiger partial charge in [0.15, 0.2) is 0 Å². The summed E-state index contributed by atoms with van der Waals surface area (Å²) >= 11 is 0. The lowest BCUT2D eigenvalue weighted by Gasteiger charge is -2.22. The van der Waals surface area contributed by atoms with Crippen LogP contribution >= 0.6 is 0 Å².